The van der Waals surface area contributed by atoms with Crippen LogP contribution in [0.25, 0.3) is 0 Å². The molecule has 1 amide bonds. The number of rotatable bonds is 4. The molecule has 4 nitrogen and oxygen atoms in total. The zero-order chi connectivity index (χ0) is 9.68. The van der Waals surface area contributed by atoms with E-state index in [2.05, 4.69) is 9.88 Å². The van der Waals surface area contributed by atoms with Crippen LogP contribution in [0.4, 0.5) is 0 Å². The summed E-state index contributed by atoms with van der Waals surface area (Å²) in [6.45, 7) is 3.23. The van der Waals surface area contributed by atoms with Gasteiger partial charge in [-0.1, -0.05) is 0 Å². The van der Waals surface area contributed by atoms with Gasteiger partial charge >= 0.3 is 0 Å². The lowest BCUT2D eigenvalue weighted by molar-refractivity contribution is -0.671. The molecule has 1 rings (SSSR count). The molecule has 0 spiro atoms. The van der Waals surface area contributed by atoms with Crippen LogP contribution in [-0.4, -0.2) is 17.0 Å². The summed E-state index contributed by atoms with van der Waals surface area (Å²) < 4.78 is 4.10. The number of carbonyl (C=O) groups is 1. The minimum absolute atomic E-state index is 0.0399. The maximum Gasteiger partial charge on any atom is 0.243 e. The number of imidazole rings is 1. The molecule has 4 heteroatoms. The van der Waals surface area contributed by atoms with Gasteiger partial charge in [0.2, 0.25) is 12.2 Å². The lowest BCUT2D eigenvalue weighted by atomic mass is 10.4. The first-order valence-corrected chi connectivity index (χ1v) is 4.44. The van der Waals surface area contributed by atoms with Crippen molar-refractivity contribution in [3.05, 3.63) is 18.7 Å². The quantitative estimate of drug-likeness (QED) is 0.510. The van der Waals surface area contributed by atoms with Gasteiger partial charge in [0.25, 0.3) is 0 Å². The van der Waals surface area contributed by atoms with E-state index in [1.807, 2.05) is 30.3 Å². The minimum atomic E-state index is 0.0399. The molecule has 0 aliphatic carbocycles. The summed E-state index contributed by atoms with van der Waals surface area (Å²) in [7, 11) is 1.99. The van der Waals surface area contributed by atoms with Gasteiger partial charge in [0.15, 0.2) is 0 Å². The SMILES string of the molecule is CC(=O)NCCCn1cc[n+](C)c1. The summed E-state index contributed by atoms with van der Waals surface area (Å²) in [6.07, 6.45) is 7.01. The Balaban J connectivity index is 2.16. The fraction of sp³-hybridized carbons (Fsp3) is 0.556. The van der Waals surface area contributed by atoms with Crippen LogP contribution in [-0.2, 0) is 18.4 Å². The van der Waals surface area contributed by atoms with Crippen LogP contribution in [0, 0.1) is 0 Å². The third-order valence-corrected chi connectivity index (χ3v) is 1.79. The number of aromatic nitrogens is 2. The highest BCUT2D eigenvalue weighted by Crippen LogP contribution is 1.87. The van der Waals surface area contributed by atoms with Crippen molar-refractivity contribution in [2.45, 2.75) is 19.9 Å². The first-order chi connectivity index (χ1) is 6.18. The molecule has 0 aliphatic heterocycles. The maximum absolute atomic E-state index is 10.5. The van der Waals surface area contributed by atoms with Crippen molar-refractivity contribution in [2.24, 2.45) is 7.05 Å². The van der Waals surface area contributed by atoms with E-state index in [1.54, 1.807) is 0 Å². The second-order valence-electron chi connectivity index (χ2n) is 3.15. The van der Waals surface area contributed by atoms with Gasteiger partial charge in [0.05, 0.1) is 13.6 Å². The smallest absolute Gasteiger partial charge is 0.243 e. The highest BCUT2D eigenvalue weighted by Gasteiger charge is 1.98. The number of hydrogen-bond acceptors (Lipinski definition) is 1. The largest absolute Gasteiger partial charge is 0.356 e. The molecule has 1 aromatic heterocycles. The van der Waals surface area contributed by atoms with Gasteiger partial charge in [-0.15, -0.1) is 0 Å². The lowest BCUT2D eigenvalue weighted by Gasteiger charge is -1.98. The van der Waals surface area contributed by atoms with Crippen molar-refractivity contribution in [2.75, 3.05) is 6.54 Å². The fourth-order valence-electron chi connectivity index (χ4n) is 1.16. The van der Waals surface area contributed by atoms with Crippen LogP contribution < -0.4 is 9.88 Å². The van der Waals surface area contributed by atoms with E-state index in [9.17, 15) is 4.79 Å². The number of nitrogens with zero attached hydrogens (tertiary/aromatic N) is 2. The molecule has 13 heavy (non-hydrogen) atoms. The van der Waals surface area contributed by atoms with E-state index in [-0.39, 0.29) is 5.91 Å². The molecule has 0 saturated heterocycles. The van der Waals surface area contributed by atoms with E-state index in [0.29, 0.717) is 0 Å². The molecule has 0 aromatic carbocycles. The van der Waals surface area contributed by atoms with Crippen molar-refractivity contribution in [3.63, 3.8) is 0 Å². The van der Waals surface area contributed by atoms with Crippen LogP contribution in [0.5, 0.6) is 0 Å². The summed E-state index contributed by atoms with van der Waals surface area (Å²) in [4.78, 5) is 10.5. The molecular weight excluding hydrogens is 166 g/mol. The van der Waals surface area contributed by atoms with Gasteiger partial charge in [0, 0.05) is 19.9 Å². The number of nitrogens with one attached hydrogen (secondary N) is 1. The number of hydrogen-bond donors (Lipinski definition) is 1. The molecule has 0 unspecified atom stereocenters. The standard InChI is InChI=1S/C9H15N3O/c1-9(13)10-4-3-5-12-7-6-11(2)8-12/h6-8H,3-5H2,1-2H3/p+1. The predicted octanol–water partition coefficient (Wildman–Crippen LogP) is -0.161. The summed E-state index contributed by atoms with van der Waals surface area (Å²) in [5.74, 6) is 0.0399. The van der Waals surface area contributed by atoms with E-state index in [0.717, 1.165) is 19.5 Å². The molecule has 1 N–H and O–H groups in total. The monoisotopic (exact) mass is 182 g/mol. The van der Waals surface area contributed by atoms with Crippen molar-refractivity contribution in [1.29, 1.82) is 0 Å². The molecule has 0 radical (unpaired) electrons. The topological polar surface area (TPSA) is 37.9 Å². The average molecular weight is 182 g/mol. The average Bonchev–Trinajstić information content (AvgIpc) is 2.45. The number of amides is 1. The molecular formula is C9H16N3O+. The van der Waals surface area contributed by atoms with Crippen molar-refractivity contribution < 1.29 is 9.36 Å². The Labute approximate surface area is 78.2 Å². The minimum Gasteiger partial charge on any atom is -0.356 e. The van der Waals surface area contributed by atoms with Gasteiger partial charge in [-0.3, -0.25) is 4.79 Å². The summed E-state index contributed by atoms with van der Waals surface area (Å²) in [5.41, 5.74) is 0. The van der Waals surface area contributed by atoms with Gasteiger partial charge < -0.3 is 5.32 Å². The second kappa shape index (κ2) is 4.64. The molecule has 1 heterocycles. The molecule has 1 aromatic rings. The second-order valence-corrected chi connectivity index (χ2v) is 3.15. The lowest BCUT2D eigenvalue weighted by Crippen LogP contribution is -2.24. The molecule has 72 valence electrons. The molecule has 0 aliphatic rings. The van der Waals surface area contributed by atoms with E-state index >= 15 is 0 Å². The van der Waals surface area contributed by atoms with Gasteiger partial charge in [-0.05, 0) is 0 Å². The Morgan fingerprint density at radius 2 is 2.38 bits per heavy atom. The van der Waals surface area contributed by atoms with Crippen LogP contribution in [0.1, 0.15) is 13.3 Å². The van der Waals surface area contributed by atoms with E-state index in [4.69, 9.17) is 0 Å². The Kier molecular flexibility index (Phi) is 3.49. The molecule has 0 atom stereocenters. The summed E-state index contributed by atoms with van der Waals surface area (Å²) in [6, 6.07) is 0. The number of aryl methyl sites for hydroxylation is 2. The highest BCUT2D eigenvalue weighted by atomic mass is 16.1. The maximum atomic E-state index is 10.5. The Bertz CT molecular complexity index is 280. The molecule has 0 saturated carbocycles. The molecule has 0 fully saturated rings. The van der Waals surface area contributed by atoms with Crippen LogP contribution in [0.15, 0.2) is 18.7 Å². The molecule has 0 bridgehead atoms. The fourth-order valence-corrected chi connectivity index (χ4v) is 1.16. The van der Waals surface area contributed by atoms with Crippen LogP contribution >= 0.6 is 0 Å². The van der Waals surface area contributed by atoms with Crippen molar-refractivity contribution in [1.82, 2.24) is 9.88 Å². The van der Waals surface area contributed by atoms with Gasteiger partial charge in [-0.25, -0.2) is 9.13 Å². The number of carbonyl (C=O) groups excluding carboxylic acids is 1. The predicted molar refractivity (Wildman–Crippen MR) is 48.9 cm³/mol. The zero-order valence-corrected chi connectivity index (χ0v) is 8.16. The Morgan fingerprint density at radius 1 is 1.62 bits per heavy atom. The van der Waals surface area contributed by atoms with Crippen LogP contribution in [0.3, 0.4) is 0 Å². The van der Waals surface area contributed by atoms with Crippen molar-refractivity contribution >= 4 is 5.91 Å². The summed E-state index contributed by atoms with van der Waals surface area (Å²) >= 11 is 0. The van der Waals surface area contributed by atoms with Crippen LogP contribution in [0.2, 0.25) is 0 Å². The van der Waals surface area contributed by atoms with E-state index in [1.165, 1.54) is 6.92 Å². The normalized spacial score (nSPS) is 10.0. The van der Waals surface area contributed by atoms with Gasteiger partial charge in [-0.2, -0.15) is 0 Å². The van der Waals surface area contributed by atoms with Crippen molar-refractivity contribution in [3.8, 4) is 0 Å². The van der Waals surface area contributed by atoms with Gasteiger partial charge in [0.1, 0.15) is 12.4 Å². The third-order valence-electron chi connectivity index (χ3n) is 1.79. The Morgan fingerprint density at radius 3 is 2.92 bits per heavy atom. The summed E-state index contributed by atoms with van der Waals surface area (Å²) in [5, 5.41) is 2.76. The third kappa shape index (κ3) is 3.73. The highest BCUT2D eigenvalue weighted by molar-refractivity contribution is 5.72. The Hall–Kier alpha value is -1.32. The first kappa shape index (κ1) is 9.77. The first-order valence-electron chi connectivity index (χ1n) is 4.44. The zero-order valence-electron chi connectivity index (χ0n) is 8.16. The van der Waals surface area contributed by atoms with E-state index < -0.39 is 0 Å².